The number of nitrogens with one attached hydrogen (secondary N) is 1. The van der Waals surface area contributed by atoms with Crippen LogP contribution in [0.2, 0.25) is 0 Å². The maximum absolute atomic E-state index is 12.5. The first-order valence-corrected chi connectivity index (χ1v) is 10.3. The Morgan fingerprint density at radius 1 is 1.30 bits per heavy atom. The van der Waals surface area contributed by atoms with Crippen molar-refractivity contribution in [1.82, 2.24) is 15.2 Å². The third-order valence-electron chi connectivity index (χ3n) is 4.86. The van der Waals surface area contributed by atoms with Crippen molar-refractivity contribution in [2.45, 2.75) is 33.4 Å². The van der Waals surface area contributed by atoms with E-state index >= 15 is 0 Å². The molecule has 1 saturated heterocycles. The second-order valence-corrected chi connectivity index (χ2v) is 7.60. The van der Waals surface area contributed by atoms with E-state index in [2.05, 4.69) is 34.4 Å². The van der Waals surface area contributed by atoms with E-state index in [0.29, 0.717) is 13.1 Å². The molecule has 2 heterocycles. The van der Waals surface area contributed by atoms with Crippen molar-refractivity contribution in [3.63, 3.8) is 0 Å². The molecule has 0 bridgehead atoms. The summed E-state index contributed by atoms with van der Waals surface area (Å²) in [6.07, 6.45) is 0.256. The van der Waals surface area contributed by atoms with Crippen molar-refractivity contribution in [2.24, 2.45) is 5.92 Å². The largest absolute Gasteiger partial charge is 0.349 e. The summed E-state index contributed by atoms with van der Waals surface area (Å²) < 4.78 is 0. The van der Waals surface area contributed by atoms with Gasteiger partial charge in [-0.05, 0) is 25.2 Å². The van der Waals surface area contributed by atoms with Gasteiger partial charge >= 0.3 is 0 Å². The molecule has 1 unspecified atom stereocenters. The van der Waals surface area contributed by atoms with Gasteiger partial charge in [-0.25, -0.2) is 4.98 Å². The highest BCUT2D eigenvalue weighted by Gasteiger charge is 2.34. The van der Waals surface area contributed by atoms with Crippen LogP contribution < -0.4 is 10.2 Å². The van der Waals surface area contributed by atoms with Crippen LogP contribution in [0.5, 0.6) is 0 Å². The summed E-state index contributed by atoms with van der Waals surface area (Å²) >= 11 is 1.57. The van der Waals surface area contributed by atoms with Crippen molar-refractivity contribution in [3.05, 3.63) is 46.4 Å². The lowest BCUT2D eigenvalue weighted by Gasteiger charge is -2.16. The zero-order valence-electron chi connectivity index (χ0n) is 15.9. The molecule has 0 saturated carbocycles. The third kappa shape index (κ3) is 4.93. The van der Waals surface area contributed by atoms with Crippen LogP contribution in [0.25, 0.3) is 0 Å². The summed E-state index contributed by atoms with van der Waals surface area (Å²) in [5.74, 6) is -0.396. The number of carbonyl (C=O) groups excluding carboxylic acids is 2. The molecule has 1 aliphatic rings. The Morgan fingerprint density at radius 2 is 2.04 bits per heavy atom. The molecule has 3 rings (SSSR count). The minimum absolute atomic E-state index is 0.00268. The Bertz CT molecular complexity index is 773. The number of para-hydroxylation sites is 1. The first kappa shape index (κ1) is 19.5. The van der Waals surface area contributed by atoms with Gasteiger partial charge in [-0.15, -0.1) is 11.3 Å². The average molecular weight is 387 g/mol. The molecular formula is C20H26N4O2S. The molecule has 1 aromatic heterocycles. The Labute approximate surface area is 164 Å². The van der Waals surface area contributed by atoms with Crippen LogP contribution >= 0.6 is 11.3 Å². The standard InChI is InChI=1S/C20H26N4O2S/c1-3-23(4-2)13-16-14-27-18(22-16)11-21-20(26)15-10-19(25)24(12-15)17-8-6-5-7-9-17/h5-9,14-15H,3-4,10-13H2,1-2H3,(H,21,26). The second-order valence-electron chi connectivity index (χ2n) is 6.65. The van der Waals surface area contributed by atoms with Gasteiger partial charge < -0.3 is 10.2 Å². The van der Waals surface area contributed by atoms with E-state index in [1.807, 2.05) is 30.3 Å². The number of rotatable bonds is 8. The first-order chi connectivity index (χ1) is 13.1. The van der Waals surface area contributed by atoms with E-state index in [0.717, 1.165) is 36.0 Å². The summed E-state index contributed by atoms with van der Waals surface area (Å²) in [6.45, 7) is 7.94. The van der Waals surface area contributed by atoms with Gasteiger partial charge in [0.15, 0.2) is 0 Å². The van der Waals surface area contributed by atoms with Crippen molar-refractivity contribution in [1.29, 1.82) is 0 Å². The average Bonchev–Trinajstić information content (AvgIpc) is 3.31. The molecule has 144 valence electrons. The van der Waals surface area contributed by atoms with Crippen LogP contribution in [0.4, 0.5) is 5.69 Å². The molecular weight excluding hydrogens is 360 g/mol. The van der Waals surface area contributed by atoms with Gasteiger partial charge in [0.1, 0.15) is 5.01 Å². The van der Waals surface area contributed by atoms with E-state index in [-0.39, 0.29) is 24.2 Å². The van der Waals surface area contributed by atoms with Crippen molar-refractivity contribution in [2.75, 3.05) is 24.5 Å². The van der Waals surface area contributed by atoms with E-state index in [9.17, 15) is 9.59 Å². The highest BCUT2D eigenvalue weighted by molar-refractivity contribution is 7.09. The van der Waals surface area contributed by atoms with Gasteiger partial charge in [0.05, 0.1) is 18.2 Å². The minimum atomic E-state index is -0.312. The fraction of sp³-hybridized carbons (Fsp3) is 0.450. The zero-order chi connectivity index (χ0) is 19.2. The van der Waals surface area contributed by atoms with Crippen molar-refractivity contribution < 1.29 is 9.59 Å². The van der Waals surface area contributed by atoms with Crippen LogP contribution in [0.1, 0.15) is 31.0 Å². The van der Waals surface area contributed by atoms with Crippen LogP contribution in [0.15, 0.2) is 35.7 Å². The lowest BCUT2D eigenvalue weighted by molar-refractivity contribution is -0.126. The second kappa shape index (κ2) is 9.10. The summed E-state index contributed by atoms with van der Waals surface area (Å²) in [5.41, 5.74) is 1.89. The Kier molecular flexibility index (Phi) is 6.58. The molecule has 7 heteroatoms. The molecule has 0 radical (unpaired) electrons. The molecule has 27 heavy (non-hydrogen) atoms. The first-order valence-electron chi connectivity index (χ1n) is 9.39. The van der Waals surface area contributed by atoms with Gasteiger partial charge in [-0.2, -0.15) is 0 Å². The number of hydrogen-bond donors (Lipinski definition) is 1. The highest BCUT2D eigenvalue weighted by Crippen LogP contribution is 2.25. The molecule has 1 aliphatic heterocycles. The number of nitrogens with zero attached hydrogens (tertiary/aromatic N) is 3. The van der Waals surface area contributed by atoms with Gasteiger partial charge in [-0.1, -0.05) is 32.0 Å². The number of hydrogen-bond acceptors (Lipinski definition) is 5. The summed E-state index contributed by atoms with van der Waals surface area (Å²) in [7, 11) is 0. The Hall–Kier alpha value is -2.25. The molecule has 2 amide bonds. The van der Waals surface area contributed by atoms with Crippen LogP contribution in [-0.2, 0) is 22.7 Å². The van der Waals surface area contributed by atoms with Gasteiger partial charge in [0.2, 0.25) is 11.8 Å². The summed E-state index contributed by atoms with van der Waals surface area (Å²) in [6, 6.07) is 9.50. The number of aromatic nitrogens is 1. The maximum atomic E-state index is 12.5. The molecule has 1 fully saturated rings. The van der Waals surface area contributed by atoms with Gasteiger partial charge in [-0.3, -0.25) is 14.5 Å². The van der Waals surface area contributed by atoms with Crippen LogP contribution in [-0.4, -0.2) is 41.3 Å². The number of carbonyl (C=O) groups is 2. The van der Waals surface area contributed by atoms with Gasteiger partial charge in [0.25, 0.3) is 0 Å². The lowest BCUT2D eigenvalue weighted by atomic mass is 10.1. The Morgan fingerprint density at radius 3 is 2.74 bits per heavy atom. The molecule has 1 atom stereocenters. The van der Waals surface area contributed by atoms with E-state index in [4.69, 9.17) is 0 Å². The molecule has 0 aliphatic carbocycles. The molecule has 0 spiro atoms. The number of benzene rings is 1. The number of anilines is 1. The summed E-state index contributed by atoms with van der Waals surface area (Å²) in [4.78, 5) is 33.4. The van der Waals surface area contributed by atoms with Crippen molar-refractivity contribution in [3.8, 4) is 0 Å². The number of amides is 2. The van der Waals surface area contributed by atoms with Crippen LogP contribution in [0, 0.1) is 5.92 Å². The number of thiazole rings is 1. The fourth-order valence-electron chi connectivity index (χ4n) is 3.23. The van der Waals surface area contributed by atoms with Crippen molar-refractivity contribution >= 4 is 28.8 Å². The highest BCUT2D eigenvalue weighted by atomic mass is 32.1. The molecule has 2 aromatic rings. The fourth-order valence-corrected chi connectivity index (χ4v) is 3.95. The topological polar surface area (TPSA) is 65.5 Å². The zero-order valence-corrected chi connectivity index (χ0v) is 16.7. The molecule has 6 nitrogen and oxygen atoms in total. The quantitative estimate of drug-likeness (QED) is 0.757. The molecule has 1 N–H and O–H groups in total. The maximum Gasteiger partial charge on any atom is 0.227 e. The van der Waals surface area contributed by atoms with Crippen LogP contribution in [0.3, 0.4) is 0 Å². The SMILES string of the molecule is CCN(CC)Cc1csc(CNC(=O)C2CC(=O)N(c3ccccc3)C2)n1. The van der Waals surface area contributed by atoms with E-state index in [1.54, 1.807) is 16.2 Å². The van der Waals surface area contributed by atoms with Gasteiger partial charge in [0, 0.05) is 30.6 Å². The lowest BCUT2D eigenvalue weighted by Crippen LogP contribution is -2.32. The smallest absolute Gasteiger partial charge is 0.227 e. The predicted molar refractivity (Wildman–Crippen MR) is 107 cm³/mol. The monoisotopic (exact) mass is 386 g/mol. The third-order valence-corrected chi connectivity index (χ3v) is 5.75. The summed E-state index contributed by atoms with van der Waals surface area (Å²) in [5, 5.41) is 5.89. The normalized spacial score (nSPS) is 16.9. The van der Waals surface area contributed by atoms with E-state index < -0.39 is 0 Å². The molecule has 1 aromatic carbocycles. The Balaban J connectivity index is 1.51. The predicted octanol–water partition coefficient (Wildman–Crippen LogP) is 2.65. The van der Waals surface area contributed by atoms with E-state index in [1.165, 1.54) is 0 Å². The minimum Gasteiger partial charge on any atom is -0.349 e.